The van der Waals surface area contributed by atoms with Crippen LogP contribution in [0.3, 0.4) is 0 Å². The van der Waals surface area contributed by atoms with Crippen molar-refractivity contribution in [3.63, 3.8) is 0 Å². The molecule has 0 N–H and O–H groups in total. The number of carbonyl (C=O) groups is 1. The van der Waals surface area contributed by atoms with Crippen LogP contribution in [0.4, 0.5) is 10.1 Å². The van der Waals surface area contributed by atoms with Crippen LogP contribution in [-0.2, 0) is 6.54 Å². The standard InChI is InChI=1S/C25H23FN4O3/c1-17-21(24(31)29-12-10-28(11-13-29)19-6-4-18(26)5-7-19)15-22-23(27-17)8-9-30(25(22)32)16-20-3-2-14-33-20/h2-9,14-15H,10-13,16H2,1H3. The molecule has 1 aromatic carbocycles. The first-order valence-corrected chi connectivity index (χ1v) is 10.8. The molecule has 4 heterocycles. The van der Waals surface area contributed by atoms with Gasteiger partial charge in [0.05, 0.1) is 35.0 Å². The average molecular weight is 446 g/mol. The van der Waals surface area contributed by atoms with E-state index in [0.717, 1.165) is 5.69 Å². The molecule has 7 nitrogen and oxygen atoms in total. The predicted octanol–water partition coefficient (Wildman–Crippen LogP) is 3.45. The highest BCUT2D eigenvalue weighted by molar-refractivity contribution is 5.98. The lowest BCUT2D eigenvalue weighted by Gasteiger charge is -2.36. The molecular formula is C25H23FN4O3. The van der Waals surface area contributed by atoms with Gasteiger partial charge in [-0.05, 0) is 55.5 Å². The Morgan fingerprint density at radius 2 is 1.85 bits per heavy atom. The molecule has 3 aromatic heterocycles. The number of aromatic nitrogens is 2. The van der Waals surface area contributed by atoms with Crippen LogP contribution in [0.25, 0.3) is 10.9 Å². The quantitative estimate of drug-likeness (QED) is 0.480. The highest BCUT2D eigenvalue weighted by atomic mass is 19.1. The summed E-state index contributed by atoms with van der Waals surface area (Å²) in [7, 11) is 0. The van der Waals surface area contributed by atoms with Crippen LogP contribution in [0.15, 0.2) is 70.2 Å². The second kappa shape index (κ2) is 8.54. The second-order valence-electron chi connectivity index (χ2n) is 8.14. The van der Waals surface area contributed by atoms with Crippen LogP contribution < -0.4 is 10.5 Å². The maximum Gasteiger partial charge on any atom is 0.260 e. The molecular weight excluding hydrogens is 423 g/mol. The average Bonchev–Trinajstić information content (AvgIpc) is 3.34. The molecule has 0 radical (unpaired) electrons. The second-order valence-corrected chi connectivity index (χ2v) is 8.14. The number of rotatable bonds is 4. The van der Waals surface area contributed by atoms with E-state index in [9.17, 15) is 14.0 Å². The van der Waals surface area contributed by atoms with Gasteiger partial charge in [0.2, 0.25) is 0 Å². The van der Waals surface area contributed by atoms with Crippen molar-refractivity contribution in [1.82, 2.24) is 14.5 Å². The van der Waals surface area contributed by atoms with E-state index in [0.29, 0.717) is 60.6 Å². The Kier molecular flexibility index (Phi) is 5.42. The molecule has 1 saturated heterocycles. The highest BCUT2D eigenvalue weighted by Gasteiger charge is 2.24. The summed E-state index contributed by atoms with van der Waals surface area (Å²) >= 11 is 0. The monoisotopic (exact) mass is 446 g/mol. The molecule has 0 unspecified atom stereocenters. The van der Waals surface area contributed by atoms with Crippen LogP contribution in [0.5, 0.6) is 0 Å². The van der Waals surface area contributed by atoms with Crippen LogP contribution >= 0.6 is 0 Å². The molecule has 0 aliphatic carbocycles. The first-order chi connectivity index (χ1) is 16.0. The van der Waals surface area contributed by atoms with Gasteiger partial charge in [0, 0.05) is 38.1 Å². The molecule has 33 heavy (non-hydrogen) atoms. The number of carbonyl (C=O) groups excluding carboxylic acids is 1. The van der Waals surface area contributed by atoms with Gasteiger partial charge in [-0.3, -0.25) is 14.6 Å². The Morgan fingerprint density at radius 1 is 1.09 bits per heavy atom. The van der Waals surface area contributed by atoms with Crippen molar-refractivity contribution in [2.24, 2.45) is 0 Å². The molecule has 0 saturated carbocycles. The van der Waals surface area contributed by atoms with E-state index in [2.05, 4.69) is 9.88 Å². The smallest absolute Gasteiger partial charge is 0.260 e. The lowest BCUT2D eigenvalue weighted by molar-refractivity contribution is 0.0745. The van der Waals surface area contributed by atoms with E-state index in [-0.39, 0.29) is 17.3 Å². The Balaban J connectivity index is 1.38. The van der Waals surface area contributed by atoms with E-state index >= 15 is 0 Å². The maximum atomic E-state index is 13.3. The Labute approximate surface area is 189 Å². The summed E-state index contributed by atoms with van der Waals surface area (Å²) in [6.45, 7) is 4.46. The number of piperazine rings is 1. The SMILES string of the molecule is Cc1nc2ccn(Cc3ccco3)c(=O)c2cc1C(=O)N1CCN(c2ccc(F)cc2)CC1. The summed E-state index contributed by atoms with van der Waals surface area (Å²) in [5, 5.41) is 0.406. The fourth-order valence-electron chi connectivity index (χ4n) is 4.21. The summed E-state index contributed by atoms with van der Waals surface area (Å²) in [6.07, 6.45) is 3.26. The van der Waals surface area contributed by atoms with E-state index in [1.807, 2.05) is 6.07 Å². The normalized spacial score (nSPS) is 14.1. The number of hydrogen-bond donors (Lipinski definition) is 0. The summed E-state index contributed by atoms with van der Waals surface area (Å²) in [5.41, 5.74) is 2.31. The topological polar surface area (TPSA) is 71.6 Å². The molecule has 4 aromatic rings. The van der Waals surface area contributed by atoms with Crippen LogP contribution in [0.1, 0.15) is 21.8 Å². The van der Waals surface area contributed by atoms with Crippen molar-refractivity contribution in [2.45, 2.75) is 13.5 Å². The van der Waals surface area contributed by atoms with E-state index in [4.69, 9.17) is 4.42 Å². The number of pyridine rings is 2. The number of anilines is 1. The Bertz CT molecular complexity index is 1360. The molecule has 8 heteroatoms. The van der Waals surface area contributed by atoms with Gasteiger partial charge < -0.3 is 18.8 Å². The van der Waals surface area contributed by atoms with Gasteiger partial charge in [-0.2, -0.15) is 0 Å². The summed E-state index contributed by atoms with van der Waals surface area (Å²) in [5.74, 6) is 0.267. The lowest BCUT2D eigenvalue weighted by Crippen LogP contribution is -2.49. The number of benzene rings is 1. The molecule has 1 aliphatic rings. The molecule has 0 spiro atoms. The van der Waals surface area contributed by atoms with Crippen molar-refractivity contribution in [3.05, 3.63) is 94.2 Å². The predicted molar refractivity (Wildman–Crippen MR) is 123 cm³/mol. The van der Waals surface area contributed by atoms with Crippen molar-refractivity contribution < 1.29 is 13.6 Å². The third-order valence-corrected chi connectivity index (χ3v) is 6.04. The van der Waals surface area contributed by atoms with Crippen molar-refractivity contribution in [2.75, 3.05) is 31.1 Å². The van der Waals surface area contributed by atoms with Crippen molar-refractivity contribution >= 4 is 22.5 Å². The zero-order chi connectivity index (χ0) is 22.9. The molecule has 168 valence electrons. The molecule has 1 fully saturated rings. The largest absolute Gasteiger partial charge is 0.467 e. The number of fused-ring (bicyclic) bond motifs is 1. The van der Waals surface area contributed by atoms with Crippen LogP contribution in [-0.4, -0.2) is 46.5 Å². The number of amides is 1. The zero-order valence-electron chi connectivity index (χ0n) is 18.2. The first-order valence-electron chi connectivity index (χ1n) is 10.8. The molecule has 0 bridgehead atoms. The lowest BCUT2D eigenvalue weighted by atomic mass is 10.1. The highest BCUT2D eigenvalue weighted by Crippen LogP contribution is 2.20. The third-order valence-electron chi connectivity index (χ3n) is 6.04. The van der Waals surface area contributed by atoms with Gasteiger partial charge in [0.25, 0.3) is 11.5 Å². The van der Waals surface area contributed by atoms with Crippen LogP contribution in [0, 0.1) is 12.7 Å². The van der Waals surface area contributed by atoms with Gasteiger partial charge in [0.15, 0.2) is 0 Å². The first kappa shape index (κ1) is 20.9. The molecule has 1 aliphatic heterocycles. The van der Waals surface area contributed by atoms with Gasteiger partial charge in [0.1, 0.15) is 11.6 Å². The van der Waals surface area contributed by atoms with E-state index < -0.39 is 0 Å². The van der Waals surface area contributed by atoms with Gasteiger partial charge >= 0.3 is 0 Å². The van der Waals surface area contributed by atoms with Crippen molar-refractivity contribution in [1.29, 1.82) is 0 Å². The summed E-state index contributed by atoms with van der Waals surface area (Å²) in [6, 6.07) is 13.4. The number of halogens is 1. The van der Waals surface area contributed by atoms with E-state index in [1.165, 1.54) is 12.1 Å². The zero-order valence-corrected chi connectivity index (χ0v) is 18.2. The fraction of sp³-hybridized carbons (Fsp3) is 0.240. The van der Waals surface area contributed by atoms with Gasteiger partial charge in [-0.1, -0.05) is 0 Å². The minimum atomic E-state index is -0.268. The summed E-state index contributed by atoms with van der Waals surface area (Å²) in [4.78, 5) is 34.8. The van der Waals surface area contributed by atoms with Gasteiger partial charge in [-0.15, -0.1) is 0 Å². The fourth-order valence-corrected chi connectivity index (χ4v) is 4.21. The third kappa shape index (κ3) is 4.11. The minimum Gasteiger partial charge on any atom is -0.467 e. The summed E-state index contributed by atoms with van der Waals surface area (Å²) < 4.78 is 20.1. The Morgan fingerprint density at radius 3 is 2.55 bits per heavy atom. The number of nitrogens with zero attached hydrogens (tertiary/aromatic N) is 4. The van der Waals surface area contributed by atoms with E-state index in [1.54, 1.807) is 59.2 Å². The molecule has 0 atom stereocenters. The number of furan rings is 1. The Hall–Kier alpha value is -3.94. The van der Waals surface area contributed by atoms with Gasteiger partial charge in [-0.25, -0.2) is 4.39 Å². The molecule has 5 rings (SSSR count). The number of hydrogen-bond acceptors (Lipinski definition) is 5. The van der Waals surface area contributed by atoms with Crippen molar-refractivity contribution in [3.8, 4) is 0 Å². The number of aryl methyl sites for hydroxylation is 1. The maximum absolute atomic E-state index is 13.3. The minimum absolute atomic E-state index is 0.138. The molecule has 1 amide bonds. The van der Waals surface area contributed by atoms with Crippen LogP contribution in [0.2, 0.25) is 0 Å².